The van der Waals surface area contributed by atoms with Gasteiger partial charge < -0.3 is 9.80 Å². The Hall–Kier alpha value is -2.95. The average Bonchev–Trinajstić information content (AvgIpc) is 3.04. The van der Waals surface area contributed by atoms with E-state index in [9.17, 15) is 9.59 Å². The van der Waals surface area contributed by atoms with E-state index in [1.807, 2.05) is 40.1 Å². The average molecular weight is 375 g/mol. The lowest BCUT2D eigenvalue weighted by atomic mass is 9.77. The van der Waals surface area contributed by atoms with Gasteiger partial charge in [-0.05, 0) is 30.5 Å². The van der Waals surface area contributed by atoms with Crippen LogP contribution in [0.4, 0.5) is 0 Å². The molecule has 2 fully saturated rings. The van der Waals surface area contributed by atoms with Gasteiger partial charge in [-0.2, -0.15) is 0 Å². The van der Waals surface area contributed by atoms with Crippen molar-refractivity contribution in [3.8, 4) is 0 Å². The van der Waals surface area contributed by atoms with E-state index in [1.165, 1.54) is 0 Å². The molecule has 144 valence electrons. The van der Waals surface area contributed by atoms with Gasteiger partial charge in [0, 0.05) is 44.2 Å². The molecule has 2 saturated heterocycles. The van der Waals surface area contributed by atoms with Crippen molar-refractivity contribution in [3.05, 3.63) is 72.1 Å². The van der Waals surface area contributed by atoms with E-state index in [0.717, 1.165) is 24.9 Å². The summed E-state index contributed by atoms with van der Waals surface area (Å²) >= 11 is 0. The number of piperidine rings is 1. The molecule has 5 nitrogen and oxygen atoms in total. The van der Waals surface area contributed by atoms with E-state index in [2.05, 4.69) is 29.3 Å². The van der Waals surface area contributed by atoms with Gasteiger partial charge >= 0.3 is 0 Å². The van der Waals surface area contributed by atoms with E-state index in [4.69, 9.17) is 0 Å². The van der Waals surface area contributed by atoms with Crippen LogP contribution in [0, 0.1) is 5.41 Å². The number of carbonyl (C=O) groups excluding carboxylic acids is 2. The Morgan fingerprint density at radius 3 is 2.54 bits per heavy atom. The lowest BCUT2D eigenvalue weighted by Gasteiger charge is -2.38. The second-order valence-electron chi connectivity index (χ2n) is 7.77. The molecule has 1 aromatic heterocycles. The van der Waals surface area contributed by atoms with Gasteiger partial charge in [0.15, 0.2) is 0 Å². The molecule has 3 heterocycles. The molecule has 0 unspecified atom stereocenters. The smallest absolute Gasteiger partial charge is 0.272 e. The Kier molecular flexibility index (Phi) is 5.24. The number of benzene rings is 1. The lowest BCUT2D eigenvalue weighted by Crippen LogP contribution is -2.44. The van der Waals surface area contributed by atoms with Crippen molar-refractivity contribution in [2.75, 3.05) is 26.2 Å². The second kappa shape index (κ2) is 7.97. The van der Waals surface area contributed by atoms with Crippen LogP contribution in [0.2, 0.25) is 0 Å². The van der Waals surface area contributed by atoms with Gasteiger partial charge in [0.1, 0.15) is 5.69 Å². The minimum atomic E-state index is -0.0116. The topological polar surface area (TPSA) is 53.5 Å². The molecule has 2 aliphatic rings. The van der Waals surface area contributed by atoms with Crippen LogP contribution in [0.5, 0.6) is 0 Å². The van der Waals surface area contributed by atoms with Gasteiger partial charge in [-0.1, -0.05) is 48.6 Å². The van der Waals surface area contributed by atoms with Gasteiger partial charge in [0.2, 0.25) is 5.91 Å². The maximum Gasteiger partial charge on any atom is 0.272 e. The highest BCUT2D eigenvalue weighted by Crippen LogP contribution is 2.41. The SMILES string of the molecule is O=C1CC2(CCN(C(=O)c3ccccn3)CC2)CN1CC=Cc1ccccc1. The van der Waals surface area contributed by atoms with Crippen LogP contribution in [-0.2, 0) is 4.79 Å². The molecule has 1 spiro atoms. The zero-order valence-corrected chi connectivity index (χ0v) is 16.0. The van der Waals surface area contributed by atoms with E-state index >= 15 is 0 Å². The summed E-state index contributed by atoms with van der Waals surface area (Å²) in [6, 6.07) is 15.5. The van der Waals surface area contributed by atoms with Crippen LogP contribution in [0.1, 0.15) is 35.3 Å². The maximum atomic E-state index is 12.6. The first-order valence-electron chi connectivity index (χ1n) is 9.85. The molecule has 0 N–H and O–H groups in total. The summed E-state index contributed by atoms with van der Waals surface area (Å²) in [5, 5.41) is 0. The standard InChI is InChI=1S/C23H25N3O2/c27-21-17-23(18-26(21)14-6-9-19-7-2-1-3-8-19)11-15-25(16-12-23)22(28)20-10-4-5-13-24-20/h1-10,13H,11-12,14-18H2. The van der Waals surface area contributed by atoms with Crippen LogP contribution in [0.15, 0.2) is 60.8 Å². The molecule has 4 rings (SSSR count). The Bertz CT molecular complexity index is 856. The van der Waals surface area contributed by atoms with Crippen LogP contribution in [-0.4, -0.2) is 52.8 Å². The highest BCUT2D eigenvalue weighted by molar-refractivity contribution is 5.92. The summed E-state index contributed by atoms with van der Waals surface area (Å²) in [7, 11) is 0. The highest BCUT2D eigenvalue weighted by atomic mass is 16.2. The molecule has 0 atom stereocenters. The van der Waals surface area contributed by atoms with Crippen LogP contribution in [0.3, 0.4) is 0 Å². The molecular formula is C23H25N3O2. The van der Waals surface area contributed by atoms with Crippen molar-refractivity contribution in [3.63, 3.8) is 0 Å². The van der Waals surface area contributed by atoms with Gasteiger partial charge in [-0.15, -0.1) is 0 Å². The lowest BCUT2D eigenvalue weighted by molar-refractivity contribution is -0.127. The Morgan fingerprint density at radius 2 is 1.82 bits per heavy atom. The van der Waals surface area contributed by atoms with Gasteiger partial charge in [-0.25, -0.2) is 0 Å². The Morgan fingerprint density at radius 1 is 1.07 bits per heavy atom. The van der Waals surface area contributed by atoms with Crippen molar-refractivity contribution in [2.24, 2.45) is 5.41 Å². The summed E-state index contributed by atoms with van der Waals surface area (Å²) in [5.41, 5.74) is 1.65. The van der Waals surface area contributed by atoms with E-state index in [-0.39, 0.29) is 17.2 Å². The molecule has 0 saturated carbocycles. The summed E-state index contributed by atoms with van der Waals surface area (Å²) in [6.45, 7) is 2.81. The third-order valence-electron chi connectivity index (χ3n) is 5.84. The van der Waals surface area contributed by atoms with Crippen LogP contribution in [0.25, 0.3) is 6.08 Å². The number of hydrogen-bond acceptors (Lipinski definition) is 3. The molecule has 2 aliphatic heterocycles. The number of aromatic nitrogens is 1. The van der Waals surface area contributed by atoms with E-state index in [0.29, 0.717) is 31.7 Å². The molecule has 2 amide bonds. The number of pyridine rings is 1. The summed E-state index contributed by atoms with van der Waals surface area (Å²) in [6.07, 6.45) is 8.11. The first-order chi connectivity index (χ1) is 13.7. The molecule has 5 heteroatoms. The quantitative estimate of drug-likeness (QED) is 0.824. The van der Waals surface area contributed by atoms with Gasteiger partial charge in [-0.3, -0.25) is 14.6 Å². The summed E-state index contributed by atoms with van der Waals surface area (Å²) in [4.78, 5) is 33.1. The van der Waals surface area contributed by atoms with Crippen molar-refractivity contribution in [1.82, 2.24) is 14.8 Å². The minimum Gasteiger partial charge on any atom is -0.338 e. The summed E-state index contributed by atoms with van der Waals surface area (Å²) in [5.74, 6) is 0.213. The third kappa shape index (κ3) is 3.98. The normalized spacial score (nSPS) is 18.9. The second-order valence-corrected chi connectivity index (χ2v) is 7.77. The number of rotatable bonds is 4. The fraction of sp³-hybridized carbons (Fsp3) is 0.348. The van der Waals surface area contributed by atoms with Crippen molar-refractivity contribution in [2.45, 2.75) is 19.3 Å². The molecular weight excluding hydrogens is 350 g/mol. The Balaban J connectivity index is 1.33. The highest BCUT2D eigenvalue weighted by Gasteiger charge is 2.45. The van der Waals surface area contributed by atoms with Crippen molar-refractivity contribution in [1.29, 1.82) is 0 Å². The molecule has 0 radical (unpaired) electrons. The Labute approximate surface area is 165 Å². The van der Waals surface area contributed by atoms with Crippen LogP contribution < -0.4 is 0 Å². The van der Waals surface area contributed by atoms with Gasteiger partial charge in [0.05, 0.1) is 0 Å². The predicted octanol–water partition coefficient (Wildman–Crippen LogP) is 3.25. The van der Waals surface area contributed by atoms with E-state index < -0.39 is 0 Å². The first kappa shape index (κ1) is 18.4. The third-order valence-corrected chi connectivity index (χ3v) is 5.84. The predicted molar refractivity (Wildman–Crippen MR) is 108 cm³/mol. The van der Waals surface area contributed by atoms with Crippen LogP contribution >= 0.6 is 0 Å². The molecule has 0 aliphatic carbocycles. The number of nitrogens with zero attached hydrogens (tertiary/aromatic N) is 3. The summed E-state index contributed by atoms with van der Waals surface area (Å²) < 4.78 is 0. The molecule has 0 bridgehead atoms. The molecule has 2 aromatic rings. The fourth-order valence-electron chi connectivity index (χ4n) is 4.20. The monoisotopic (exact) mass is 375 g/mol. The molecule has 28 heavy (non-hydrogen) atoms. The number of likely N-dealkylation sites (tertiary alicyclic amines) is 2. The fourth-order valence-corrected chi connectivity index (χ4v) is 4.20. The number of carbonyl (C=O) groups is 2. The maximum absolute atomic E-state index is 12.6. The van der Waals surface area contributed by atoms with Crippen molar-refractivity contribution < 1.29 is 9.59 Å². The largest absolute Gasteiger partial charge is 0.338 e. The minimum absolute atomic E-state index is 0.0116. The zero-order chi connectivity index (χ0) is 19.4. The zero-order valence-electron chi connectivity index (χ0n) is 16.0. The number of amides is 2. The first-order valence-corrected chi connectivity index (χ1v) is 9.85. The molecule has 1 aromatic carbocycles. The van der Waals surface area contributed by atoms with E-state index in [1.54, 1.807) is 12.3 Å². The number of hydrogen-bond donors (Lipinski definition) is 0. The van der Waals surface area contributed by atoms with Crippen molar-refractivity contribution >= 4 is 17.9 Å². The van der Waals surface area contributed by atoms with Gasteiger partial charge in [0.25, 0.3) is 5.91 Å².